The smallest absolute Gasteiger partial charge is 0.328 e. The molecule has 2 aliphatic heterocycles. The highest BCUT2D eigenvalue weighted by molar-refractivity contribution is 6.09. The molecule has 0 spiro atoms. The van der Waals surface area contributed by atoms with Crippen molar-refractivity contribution < 1.29 is 29.4 Å². The van der Waals surface area contributed by atoms with Crippen LogP contribution in [0.25, 0.3) is 0 Å². The van der Waals surface area contributed by atoms with Crippen molar-refractivity contribution in [3.63, 3.8) is 0 Å². The van der Waals surface area contributed by atoms with E-state index < -0.39 is 17.5 Å². The first-order valence-corrected chi connectivity index (χ1v) is 13.8. The normalized spacial score (nSPS) is 19.3. The van der Waals surface area contributed by atoms with Crippen molar-refractivity contribution in [2.24, 2.45) is 0 Å². The van der Waals surface area contributed by atoms with Crippen LogP contribution in [0.4, 0.5) is 4.79 Å². The average molecular weight is 571 g/mol. The van der Waals surface area contributed by atoms with Gasteiger partial charge >= 0.3 is 18.0 Å². The topological polar surface area (TPSA) is 140 Å². The number of pyridine rings is 1. The lowest BCUT2D eigenvalue weighted by molar-refractivity contribution is -0.134. The van der Waals surface area contributed by atoms with E-state index in [4.69, 9.17) is 10.2 Å². The highest BCUT2D eigenvalue weighted by Gasteiger charge is 2.54. The SMILES string of the molecule is O=C(O)/C=C\C(=O)O.O=C1NC(c2ccccc2)(c2ccccn2)C(=O)N1CCCN1CCC(c2ccccc2)CC1. The molecule has 0 aliphatic carbocycles. The van der Waals surface area contributed by atoms with Crippen LogP contribution >= 0.6 is 0 Å². The molecule has 3 N–H and O–H groups in total. The number of hydrogen-bond acceptors (Lipinski definition) is 6. The number of carboxylic acids is 2. The zero-order chi connectivity index (χ0) is 30.0. The van der Waals surface area contributed by atoms with Gasteiger partial charge < -0.3 is 20.4 Å². The van der Waals surface area contributed by atoms with Gasteiger partial charge in [0.1, 0.15) is 0 Å². The van der Waals surface area contributed by atoms with E-state index in [1.165, 1.54) is 10.5 Å². The van der Waals surface area contributed by atoms with Crippen LogP contribution in [-0.4, -0.2) is 75.1 Å². The van der Waals surface area contributed by atoms with Gasteiger partial charge in [0.05, 0.1) is 5.69 Å². The molecular weight excluding hydrogens is 536 g/mol. The molecule has 218 valence electrons. The Labute approximate surface area is 244 Å². The fourth-order valence-electron chi connectivity index (χ4n) is 5.38. The summed E-state index contributed by atoms with van der Waals surface area (Å²) < 4.78 is 0. The van der Waals surface area contributed by atoms with E-state index in [0.29, 0.717) is 30.3 Å². The molecule has 0 saturated carbocycles. The number of aromatic nitrogens is 1. The molecule has 2 saturated heterocycles. The quantitative estimate of drug-likeness (QED) is 0.260. The lowest BCUT2D eigenvalue weighted by atomic mass is 9.86. The second-order valence-electron chi connectivity index (χ2n) is 10.1. The van der Waals surface area contributed by atoms with Crippen LogP contribution in [0.3, 0.4) is 0 Å². The molecule has 3 heterocycles. The summed E-state index contributed by atoms with van der Waals surface area (Å²) in [7, 11) is 0. The van der Waals surface area contributed by atoms with Crippen molar-refractivity contribution in [3.8, 4) is 0 Å². The van der Waals surface area contributed by atoms with Crippen LogP contribution in [-0.2, 0) is 19.9 Å². The standard InChI is InChI=1S/C28H30N4O2.C4H4O4/c33-26-28(24-12-5-2-6-13-24,25-14-7-8-17-29-25)30-27(34)32(26)19-9-18-31-20-15-23(16-21-31)22-10-3-1-4-11-22;5-3(6)1-2-4(7)8/h1-8,10-14,17,23H,9,15-16,18-21H2,(H,30,34);1-2H,(H,5,6)(H,7,8)/b;2-1-. The van der Waals surface area contributed by atoms with E-state index in [2.05, 4.69) is 45.5 Å². The van der Waals surface area contributed by atoms with Crippen molar-refractivity contribution >= 4 is 23.9 Å². The molecule has 10 nitrogen and oxygen atoms in total. The molecule has 2 aliphatic rings. The van der Waals surface area contributed by atoms with Crippen molar-refractivity contribution in [3.05, 3.63) is 114 Å². The molecule has 1 aromatic heterocycles. The first-order chi connectivity index (χ1) is 20.3. The summed E-state index contributed by atoms with van der Waals surface area (Å²) in [5, 5.41) is 18.6. The van der Waals surface area contributed by atoms with Gasteiger partial charge in [-0.05, 0) is 68.1 Å². The molecule has 10 heteroatoms. The second-order valence-corrected chi connectivity index (χ2v) is 10.1. The maximum absolute atomic E-state index is 13.7. The Bertz CT molecular complexity index is 1330. The molecule has 5 rings (SSSR count). The minimum absolute atomic E-state index is 0.259. The van der Waals surface area contributed by atoms with E-state index in [1.54, 1.807) is 12.3 Å². The van der Waals surface area contributed by atoms with Gasteiger partial charge in [-0.3, -0.25) is 14.7 Å². The first kappa shape index (κ1) is 30.1. The fraction of sp³-hybridized carbons (Fsp3) is 0.281. The van der Waals surface area contributed by atoms with Gasteiger partial charge in [0.15, 0.2) is 5.54 Å². The summed E-state index contributed by atoms with van der Waals surface area (Å²) >= 11 is 0. The molecule has 42 heavy (non-hydrogen) atoms. The maximum Gasteiger partial charge on any atom is 0.328 e. The van der Waals surface area contributed by atoms with E-state index in [9.17, 15) is 19.2 Å². The molecule has 1 unspecified atom stereocenters. The van der Waals surface area contributed by atoms with E-state index in [0.717, 1.165) is 44.5 Å². The van der Waals surface area contributed by atoms with Gasteiger partial charge in [0.2, 0.25) is 0 Å². The van der Waals surface area contributed by atoms with Gasteiger partial charge in [-0.2, -0.15) is 0 Å². The number of carbonyl (C=O) groups is 4. The van der Waals surface area contributed by atoms with E-state index in [-0.39, 0.29) is 11.9 Å². The third kappa shape index (κ3) is 7.27. The van der Waals surface area contributed by atoms with Gasteiger partial charge in [-0.1, -0.05) is 66.7 Å². The lowest BCUT2D eigenvalue weighted by Crippen LogP contribution is -2.46. The lowest BCUT2D eigenvalue weighted by Gasteiger charge is -2.32. The Hall–Kier alpha value is -4.83. The average Bonchev–Trinajstić information content (AvgIpc) is 3.28. The summed E-state index contributed by atoms with van der Waals surface area (Å²) in [6, 6.07) is 25.2. The molecule has 2 fully saturated rings. The fourth-order valence-corrected chi connectivity index (χ4v) is 5.38. The van der Waals surface area contributed by atoms with Gasteiger partial charge in [0.25, 0.3) is 5.91 Å². The number of urea groups is 1. The largest absolute Gasteiger partial charge is 0.478 e. The third-order valence-electron chi connectivity index (χ3n) is 7.44. The molecule has 2 aromatic carbocycles. The van der Waals surface area contributed by atoms with Gasteiger partial charge in [-0.15, -0.1) is 0 Å². The van der Waals surface area contributed by atoms with Crippen molar-refractivity contribution in [1.82, 2.24) is 20.1 Å². The van der Waals surface area contributed by atoms with Crippen molar-refractivity contribution in [2.45, 2.75) is 30.7 Å². The Morgan fingerprint density at radius 2 is 1.45 bits per heavy atom. The number of rotatable bonds is 9. The van der Waals surface area contributed by atoms with Gasteiger partial charge in [-0.25, -0.2) is 14.4 Å². The third-order valence-corrected chi connectivity index (χ3v) is 7.44. The van der Waals surface area contributed by atoms with Crippen LogP contribution in [0.2, 0.25) is 0 Å². The van der Waals surface area contributed by atoms with Crippen molar-refractivity contribution in [1.29, 1.82) is 0 Å². The van der Waals surface area contributed by atoms with Crippen LogP contribution < -0.4 is 5.32 Å². The number of imide groups is 1. The molecule has 1 atom stereocenters. The monoisotopic (exact) mass is 570 g/mol. The van der Waals surface area contributed by atoms with Crippen LogP contribution in [0.1, 0.15) is 42.0 Å². The highest BCUT2D eigenvalue weighted by Crippen LogP contribution is 2.35. The summed E-state index contributed by atoms with van der Waals surface area (Å²) in [5.41, 5.74) is 1.39. The number of nitrogens with zero attached hydrogens (tertiary/aromatic N) is 3. The predicted octanol–water partition coefficient (Wildman–Crippen LogP) is 3.86. The molecule has 3 amide bonds. The molecule has 3 aromatic rings. The maximum atomic E-state index is 13.7. The zero-order valence-corrected chi connectivity index (χ0v) is 23.1. The Morgan fingerprint density at radius 3 is 2.02 bits per heavy atom. The van der Waals surface area contributed by atoms with E-state index in [1.807, 2.05) is 42.5 Å². The van der Waals surface area contributed by atoms with Crippen LogP contribution in [0.5, 0.6) is 0 Å². The number of aliphatic carboxylic acids is 2. The van der Waals surface area contributed by atoms with E-state index >= 15 is 0 Å². The molecular formula is C32H34N4O6. The highest BCUT2D eigenvalue weighted by atomic mass is 16.4. The Balaban J connectivity index is 0.000000446. The van der Waals surface area contributed by atoms with Gasteiger partial charge in [0, 0.05) is 24.9 Å². The summed E-state index contributed by atoms with van der Waals surface area (Å²) in [5.74, 6) is -2.15. The number of carboxylic acid groups (broad SMARTS) is 2. The number of benzene rings is 2. The second kappa shape index (κ2) is 14.2. The first-order valence-electron chi connectivity index (χ1n) is 13.8. The summed E-state index contributed by atoms with van der Waals surface area (Å²) in [6.07, 6.45) is 5.81. The zero-order valence-electron chi connectivity index (χ0n) is 23.1. The Kier molecular flexibility index (Phi) is 10.2. The van der Waals surface area contributed by atoms with Crippen LogP contribution in [0, 0.1) is 0 Å². The molecule has 0 radical (unpaired) electrons. The number of nitrogens with one attached hydrogen (secondary N) is 1. The predicted molar refractivity (Wildman–Crippen MR) is 156 cm³/mol. The Morgan fingerprint density at radius 1 is 0.857 bits per heavy atom. The van der Waals surface area contributed by atoms with Crippen LogP contribution in [0.15, 0.2) is 97.2 Å². The minimum Gasteiger partial charge on any atom is -0.478 e. The molecule has 0 bridgehead atoms. The minimum atomic E-state index is -1.28. The number of piperidine rings is 1. The number of likely N-dealkylation sites (tertiary alicyclic amines) is 1. The number of carbonyl (C=O) groups excluding carboxylic acids is 2. The summed E-state index contributed by atoms with van der Waals surface area (Å²) in [4.78, 5) is 54.0. The summed E-state index contributed by atoms with van der Waals surface area (Å²) in [6.45, 7) is 3.36. The van der Waals surface area contributed by atoms with Crippen molar-refractivity contribution in [2.75, 3.05) is 26.2 Å². The number of hydrogen-bond donors (Lipinski definition) is 3. The number of amides is 3.